The number of nitrogens with one attached hydrogen (secondary N) is 1. The number of halogens is 2. The summed E-state index contributed by atoms with van der Waals surface area (Å²) in [7, 11) is 0. The Kier molecular flexibility index (Phi) is 2.08. The van der Waals surface area contributed by atoms with Gasteiger partial charge < -0.3 is 5.32 Å². The Morgan fingerprint density at radius 1 is 1.25 bits per heavy atom. The summed E-state index contributed by atoms with van der Waals surface area (Å²) >= 11 is 5.98. The number of hydrogen-bond acceptors (Lipinski definition) is 1. The zero-order chi connectivity index (χ0) is 11.3. The first-order chi connectivity index (χ1) is 7.68. The first-order valence-corrected chi connectivity index (χ1v) is 5.71. The minimum Gasteiger partial charge on any atom is -0.384 e. The molecule has 0 saturated heterocycles. The average molecular weight is 236 g/mol. The highest BCUT2D eigenvalue weighted by Crippen LogP contribution is 2.39. The Morgan fingerprint density at radius 3 is 2.81 bits per heavy atom. The van der Waals surface area contributed by atoms with Gasteiger partial charge in [-0.25, -0.2) is 4.39 Å². The highest BCUT2D eigenvalue weighted by Gasteiger charge is 2.21. The number of hydrogen-bond donors (Lipinski definition) is 1. The molecule has 1 heterocycles. The lowest BCUT2D eigenvalue weighted by molar-refractivity contribution is 0.630. The smallest absolute Gasteiger partial charge is 0.142 e. The fourth-order valence-electron chi connectivity index (χ4n) is 2.42. The van der Waals surface area contributed by atoms with Crippen molar-refractivity contribution in [2.45, 2.75) is 12.8 Å². The van der Waals surface area contributed by atoms with Crippen molar-refractivity contribution in [1.82, 2.24) is 0 Å². The fraction of sp³-hybridized carbons (Fsp3) is 0.231. The van der Waals surface area contributed by atoms with Crippen molar-refractivity contribution in [1.29, 1.82) is 0 Å². The third-order valence-corrected chi connectivity index (χ3v) is 3.61. The van der Waals surface area contributed by atoms with Crippen molar-refractivity contribution in [3.8, 4) is 0 Å². The van der Waals surface area contributed by atoms with Gasteiger partial charge in [-0.3, -0.25) is 0 Å². The second-order valence-corrected chi connectivity index (χ2v) is 4.64. The molecular weight excluding hydrogens is 225 g/mol. The molecule has 0 bridgehead atoms. The van der Waals surface area contributed by atoms with Crippen LogP contribution in [0.2, 0.25) is 5.02 Å². The molecule has 0 spiro atoms. The van der Waals surface area contributed by atoms with Gasteiger partial charge in [0.05, 0.1) is 5.02 Å². The van der Waals surface area contributed by atoms with Crippen LogP contribution in [0, 0.1) is 5.82 Å². The Hall–Kier alpha value is -1.28. The maximum absolute atomic E-state index is 13.4. The first-order valence-electron chi connectivity index (χ1n) is 5.33. The highest BCUT2D eigenvalue weighted by molar-refractivity contribution is 6.35. The van der Waals surface area contributed by atoms with Crippen LogP contribution in [0.15, 0.2) is 24.3 Å². The van der Waals surface area contributed by atoms with Crippen LogP contribution in [0.5, 0.6) is 0 Å². The van der Waals surface area contributed by atoms with Crippen LogP contribution >= 0.6 is 11.6 Å². The largest absolute Gasteiger partial charge is 0.384 e. The number of anilines is 1. The van der Waals surface area contributed by atoms with Crippen LogP contribution in [-0.2, 0) is 0 Å². The summed E-state index contributed by atoms with van der Waals surface area (Å²) in [5.74, 6) is 0.0907. The molecule has 0 aromatic heterocycles. The molecule has 1 nitrogen and oxygen atoms in total. The summed E-state index contributed by atoms with van der Waals surface area (Å²) in [4.78, 5) is 0. The average Bonchev–Trinajstić information content (AvgIpc) is 2.66. The van der Waals surface area contributed by atoms with Crippen molar-refractivity contribution in [2.75, 3.05) is 11.9 Å². The summed E-state index contributed by atoms with van der Waals surface area (Å²) in [6.45, 7) is 3.10. The van der Waals surface area contributed by atoms with E-state index in [-0.39, 0.29) is 10.8 Å². The number of benzene rings is 2. The SMILES string of the molecule is CC1CNc2ccc3c(Cl)c(F)ccc3c21. The molecule has 0 radical (unpaired) electrons. The molecule has 1 aliphatic heterocycles. The highest BCUT2D eigenvalue weighted by atomic mass is 35.5. The van der Waals surface area contributed by atoms with Gasteiger partial charge in [-0.05, 0) is 23.1 Å². The van der Waals surface area contributed by atoms with Crippen molar-refractivity contribution in [3.63, 3.8) is 0 Å². The molecule has 0 saturated carbocycles. The molecule has 0 aliphatic carbocycles. The van der Waals surface area contributed by atoms with E-state index >= 15 is 0 Å². The van der Waals surface area contributed by atoms with E-state index in [0.29, 0.717) is 5.92 Å². The minimum absolute atomic E-state index is 0.222. The van der Waals surface area contributed by atoms with E-state index in [0.717, 1.165) is 23.0 Å². The minimum atomic E-state index is -0.354. The Balaban J connectivity index is 2.42. The topological polar surface area (TPSA) is 12.0 Å². The second kappa shape index (κ2) is 3.36. The van der Waals surface area contributed by atoms with E-state index in [2.05, 4.69) is 12.2 Å². The van der Waals surface area contributed by atoms with Crippen LogP contribution in [-0.4, -0.2) is 6.54 Å². The van der Waals surface area contributed by atoms with Crippen LogP contribution in [0.4, 0.5) is 10.1 Å². The molecule has 1 N–H and O–H groups in total. The molecule has 3 rings (SSSR count). The third-order valence-electron chi connectivity index (χ3n) is 3.22. The van der Waals surface area contributed by atoms with Crippen LogP contribution < -0.4 is 5.32 Å². The standard InChI is InChI=1S/C13H11ClFN/c1-7-6-16-11-5-3-9-8(12(7)11)2-4-10(15)13(9)14/h2-5,7,16H,6H2,1H3. The molecule has 2 aromatic rings. The lowest BCUT2D eigenvalue weighted by Crippen LogP contribution is -1.96. The number of fused-ring (bicyclic) bond motifs is 3. The summed E-state index contributed by atoms with van der Waals surface area (Å²) in [6.07, 6.45) is 0. The van der Waals surface area contributed by atoms with Gasteiger partial charge in [0.15, 0.2) is 0 Å². The van der Waals surface area contributed by atoms with Crippen molar-refractivity contribution >= 4 is 28.1 Å². The fourth-order valence-corrected chi connectivity index (χ4v) is 2.64. The lowest BCUT2D eigenvalue weighted by atomic mass is 9.96. The zero-order valence-corrected chi connectivity index (χ0v) is 9.61. The van der Waals surface area contributed by atoms with Gasteiger partial charge in [0.2, 0.25) is 0 Å². The van der Waals surface area contributed by atoms with Crippen LogP contribution in [0.25, 0.3) is 10.8 Å². The Morgan fingerprint density at radius 2 is 2.00 bits per heavy atom. The quantitative estimate of drug-likeness (QED) is 0.723. The summed E-state index contributed by atoms with van der Waals surface area (Å²) in [5.41, 5.74) is 2.39. The molecule has 0 fully saturated rings. The first kappa shape index (κ1) is 9.91. The zero-order valence-electron chi connectivity index (χ0n) is 8.85. The van der Waals surface area contributed by atoms with E-state index in [1.54, 1.807) is 0 Å². The summed E-state index contributed by atoms with van der Waals surface area (Å²) < 4.78 is 13.4. The van der Waals surface area contributed by atoms with Gasteiger partial charge in [-0.15, -0.1) is 0 Å². The predicted octanol–water partition coefficient (Wildman–Crippen LogP) is 4.16. The van der Waals surface area contributed by atoms with Gasteiger partial charge in [0.25, 0.3) is 0 Å². The normalized spacial score (nSPS) is 18.6. The van der Waals surface area contributed by atoms with Crippen LogP contribution in [0.1, 0.15) is 18.4 Å². The van der Waals surface area contributed by atoms with E-state index in [1.165, 1.54) is 11.6 Å². The second-order valence-electron chi connectivity index (χ2n) is 4.27. The Bertz CT molecular complexity index is 580. The van der Waals surface area contributed by atoms with E-state index < -0.39 is 0 Å². The van der Waals surface area contributed by atoms with Crippen molar-refractivity contribution < 1.29 is 4.39 Å². The molecule has 16 heavy (non-hydrogen) atoms. The van der Waals surface area contributed by atoms with Crippen LogP contribution in [0.3, 0.4) is 0 Å². The van der Waals surface area contributed by atoms with Gasteiger partial charge >= 0.3 is 0 Å². The molecule has 1 aliphatic rings. The van der Waals surface area contributed by atoms with E-state index in [9.17, 15) is 4.39 Å². The summed E-state index contributed by atoms with van der Waals surface area (Å²) in [6, 6.07) is 7.12. The predicted molar refractivity (Wildman–Crippen MR) is 65.8 cm³/mol. The van der Waals surface area contributed by atoms with Crippen molar-refractivity contribution in [2.24, 2.45) is 0 Å². The van der Waals surface area contributed by atoms with Gasteiger partial charge in [0, 0.05) is 23.5 Å². The molecule has 0 amide bonds. The molecule has 1 atom stereocenters. The monoisotopic (exact) mass is 235 g/mol. The number of rotatable bonds is 0. The molecule has 1 unspecified atom stereocenters. The van der Waals surface area contributed by atoms with Gasteiger partial charge in [-0.1, -0.05) is 30.7 Å². The van der Waals surface area contributed by atoms with Gasteiger partial charge in [-0.2, -0.15) is 0 Å². The molecular formula is C13H11ClFN. The third kappa shape index (κ3) is 1.23. The maximum Gasteiger partial charge on any atom is 0.142 e. The summed E-state index contributed by atoms with van der Waals surface area (Å²) in [5, 5.41) is 5.42. The van der Waals surface area contributed by atoms with Crippen molar-refractivity contribution in [3.05, 3.63) is 40.7 Å². The lowest BCUT2D eigenvalue weighted by Gasteiger charge is -2.09. The molecule has 3 heteroatoms. The van der Waals surface area contributed by atoms with Gasteiger partial charge in [0.1, 0.15) is 5.82 Å². The van der Waals surface area contributed by atoms with E-state index in [4.69, 9.17) is 11.6 Å². The maximum atomic E-state index is 13.4. The molecule has 82 valence electrons. The van der Waals surface area contributed by atoms with E-state index in [1.807, 2.05) is 18.2 Å². The Labute approximate surface area is 98.2 Å². The molecule has 2 aromatic carbocycles.